The van der Waals surface area contributed by atoms with E-state index in [0.717, 1.165) is 23.8 Å². The normalized spacial score (nSPS) is 13.2. The molecule has 1 atom stereocenters. The number of rotatable bonds is 7. The zero-order chi connectivity index (χ0) is 14.5. The molecule has 1 N–H and O–H groups in total. The topological polar surface area (TPSA) is 29.9 Å². The zero-order valence-corrected chi connectivity index (χ0v) is 13.2. The van der Waals surface area contributed by atoms with Crippen LogP contribution >= 0.6 is 0 Å². The molecule has 3 nitrogen and oxygen atoms in total. The van der Waals surface area contributed by atoms with Crippen molar-refractivity contribution >= 4 is 11.0 Å². The van der Waals surface area contributed by atoms with Gasteiger partial charge < -0.3 is 9.88 Å². The van der Waals surface area contributed by atoms with Crippen molar-refractivity contribution in [1.29, 1.82) is 0 Å². The van der Waals surface area contributed by atoms with Crippen LogP contribution in [0.2, 0.25) is 0 Å². The molecule has 0 aliphatic carbocycles. The lowest BCUT2D eigenvalue weighted by molar-refractivity contribution is 0.451. The molecule has 0 aliphatic rings. The number of para-hydroxylation sites is 2. The summed E-state index contributed by atoms with van der Waals surface area (Å²) in [5, 5.41) is 3.59. The van der Waals surface area contributed by atoms with E-state index in [0.29, 0.717) is 6.04 Å². The van der Waals surface area contributed by atoms with Crippen molar-refractivity contribution in [2.45, 2.75) is 52.6 Å². The fraction of sp³-hybridized carbons (Fsp3) is 0.588. The highest BCUT2D eigenvalue weighted by atomic mass is 15.1. The zero-order valence-electron chi connectivity index (χ0n) is 13.2. The first-order chi connectivity index (χ1) is 9.58. The standard InChI is InChI=1S/C17H27N3/c1-13(2)8-7-9-14(3)18-12-17-19-15-10-5-6-11-16(15)20(17)4/h5-6,10-11,13-14,18H,7-9,12H2,1-4H3. The van der Waals surface area contributed by atoms with Gasteiger partial charge in [0.05, 0.1) is 17.6 Å². The molecular formula is C17H27N3. The molecule has 0 spiro atoms. The van der Waals surface area contributed by atoms with Crippen molar-refractivity contribution in [2.24, 2.45) is 13.0 Å². The van der Waals surface area contributed by atoms with Crippen LogP contribution in [0.25, 0.3) is 11.0 Å². The Morgan fingerprint density at radius 1 is 1.15 bits per heavy atom. The SMILES string of the molecule is CC(C)CCCC(C)NCc1nc2ccccc2n1C. The van der Waals surface area contributed by atoms with Gasteiger partial charge in [-0.3, -0.25) is 0 Å². The lowest BCUT2D eigenvalue weighted by Crippen LogP contribution is -2.26. The molecule has 0 aliphatic heterocycles. The smallest absolute Gasteiger partial charge is 0.123 e. The number of benzene rings is 1. The minimum absolute atomic E-state index is 0.550. The molecule has 110 valence electrons. The molecule has 1 aromatic carbocycles. The molecular weight excluding hydrogens is 246 g/mol. The molecule has 0 amide bonds. The van der Waals surface area contributed by atoms with Crippen LogP contribution in [0.1, 0.15) is 45.9 Å². The van der Waals surface area contributed by atoms with Crippen molar-refractivity contribution in [3.05, 3.63) is 30.1 Å². The molecule has 20 heavy (non-hydrogen) atoms. The largest absolute Gasteiger partial charge is 0.330 e. The lowest BCUT2D eigenvalue weighted by Gasteiger charge is -2.14. The molecule has 3 heteroatoms. The van der Waals surface area contributed by atoms with Gasteiger partial charge >= 0.3 is 0 Å². The minimum Gasteiger partial charge on any atom is -0.330 e. The Morgan fingerprint density at radius 2 is 1.90 bits per heavy atom. The molecule has 0 saturated carbocycles. The summed E-state index contributed by atoms with van der Waals surface area (Å²) in [6.45, 7) is 7.69. The average Bonchev–Trinajstić information content (AvgIpc) is 2.73. The molecule has 2 aromatic rings. The number of aromatic nitrogens is 2. The van der Waals surface area contributed by atoms with Crippen molar-refractivity contribution < 1.29 is 0 Å². The van der Waals surface area contributed by atoms with Crippen molar-refractivity contribution in [3.8, 4) is 0 Å². The Labute approximate surface area is 122 Å². The fourth-order valence-corrected chi connectivity index (χ4v) is 2.55. The van der Waals surface area contributed by atoms with Crippen LogP contribution in [0.15, 0.2) is 24.3 Å². The summed E-state index contributed by atoms with van der Waals surface area (Å²) < 4.78 is 2.18. The third-order valence-electron chi connectivity index (χ3n) is 3.91. The van der Waals surface area contributed by atoms with Gasteiger partial charge in [-0.1, -0.05) is 38.8 Å². The summed E-state index contributed by atoms with van der Waals surface area (Å²) in [6, 6.07) is 8.85. The second-order valence-electron chi connectivity index (χ2n) is 6.18. The Bertz CT molecular complexity index is 542. The first-order valence-corrected chi connectivity index (χ1v) is 7.71. The quantitative estimate of drug-likeness (QED) is 0.829. The van der Waals surface area contributed by atoms with Crippen molar-refractivity contribution in [1.82, 2.24) is 14.9 Å². The van der Waals surface area contributed by atoms with Crippen LogP contribution in [0.4, 0.5) is 0 Å². The van der Waals surface area contributed by atoms with Crippen LogP contribution < -0.4 is 5.32 Å². The van der Waals surface area contributed by atoms with E-state index in [4.69, 9.17) is 4.98 Å². The van der Waals surface area contributed by atoms with Crippen LogP contribution in [0, 0.1) is 5.92 Å². The van der Waals surface area contributed by atoms with Gasteiger partial charge in [0.25, 0.3) is 0 Å². The fourth-order valence-electron chi connectivity index (χ4n) is 2.55. The first kappa shape index (κ1) is 15.0. The summed E-state index contributed by atoms with van der Waals surface area (Å²) in [5.74, 6) is 1.92. The summed E-state index contributed by atoms with van der Waals surface area (Å²) in [6.07, 6.45) is 3.86. The number of nitrogens with one attached hydrogen (secondary N) is 1. The summed E-state index contributed by atoms with van der Waals surface area (Å²) >= 11 is 0. The van der Waals surface area contributed by atoms with Gasteiger partial charge in [-0.05, 0) is 31.4 Å². The highest BCUT2D eigenvalue weighted by Crippen LogP contribution is 2.14. The maximum atomic E-state index is 4.69. The minimum atomic E-state index is 0.550. The van der Waals surface area contributed by atoms with Gasteiger partial charge in [0.2, 0.25) is 0 Å². The maximum absolute atomic E-state index is 4.69. The van der Waals surface area contributed by atoms with Gasteiger partial charge in [0, 0.05) is 13.1 Å². The molecule has 1 unspecified atom stereocenters. The van der Waals surface area contributed by atoms with Crippen LogP contribution in [-0.4, -0.2) is 15.6 Å². The second-order valence-corrected chi connectivity index (χ2v) is 6.18. The van der Waals surface area contributed by atoms with E-state index >= 15 is 0 Å². The molecule has 0 fully saturated rings. The Morgan fingerprint density at radius 3 is 2.60 bits per heavy atom. The van der Waals surface area contributed by atoms with Gasteiger partial charge in [0.1, 0.15) is 5.82 Å². The first-order valence-electron chi connectivity index (χ1n) is 7.71. The molecule has 0 bridgehead atoms. The van der Waals surface area contributed by atoms with Crippen LogP contribution in [0.3, 0.4) is 0 Å². The molecule has 0 saturated heterocycles. The second kappa shape index (κ2) is 6.89. The number of fused-ring (bicyclic) bond motifs is 1. The molecule has 1 aromatic heterocycles. The highest BCUT2D eigenvalue weighted by Gasteiger charge is 2.08. The van der Waals surface area contributed by atoms with Crippen molar-refractivity contribution in [2.75, 3.05) is 0 Å². The number of imidazole rings is 1. The maximum Gasteiger partial charge on any atom is 0.123 e. The summed E-state index contributed by atoms with van der Waals surface area (Å²) in [4.78, 5) is 4.69. The number of nitrogens with zero attached hydrogens (tertiary/aromatic N) is 2. The predicted molar refractivity (Wildman–Crippen MR) is 85.7 cm³/mol. The number of hydrogen-bond donors (Lipinski definition) is 1. The molecule has 2 rings (SSSR count). The number of hydrogen-bond acceptors (Lipinski definition) is 2. The van der Waals surface area contributed by atoms with E-state index in [1.807, 2.05) is 6.07 Å². The third-order valence-corrected chi connectivity index (χ3v) is 3.91. The highest BCUT2D eigenvalue weighted by molar-refractivity contribution is 5.75. The lowest BCUT2D eigenvalue weighted by atomic mass is 10.0. The van der Waals surface area contributed by atoms with Crippen LogP contribution in [0.5, 0.6) is 0 Å². The molecule has 1 heterocycles. The van der Waals surface area contributed by atoms with Gasteiger partial charge in [-0.15, -0.1) is 0 Å². The van der Waals surface area contributed by atoms with E-state index in [2.05, 4.69) is 55.9 Å². The average molecular weight is 273 g/mol. The monoisotopic (exact) mass is 273 g/mol. The van der Waals surface area contributed by atoms with E-state index in [1.54, 1.807) is 0 Å². The van der Waals surface area contributed by atoms with E-state index in [1.165, 1.54) is 24.8 Å². The van der Waals surface area contributed by atoms with Gasteiger partial charge in [-0.2, -0.15) is 0 Å². The van der Waals surface area contributed by atoms with Gasteiger partial charge in [0.15, 0.2) is 0 Å². The third kappa shape index (κ3) is 3.83. The number of aryl methyl sites for hydroxylation is 1. The Kier molecular flexibility index (Phi) is 5.18. The summed E-state index contributed by atoms with van der Waals surface area (Å²) in [7, 11) is 2.09. The van der Waals surface area contributed by atoms with Crippen LogP contribution in [-0.2, 0) is 13.6 Å². The van der Waals surface area contributed by atoms with Gasteiger partial charge in [-0.25, -0.2) is 4.98 Å². The Hall–Kier alpha value is -1.35. The Balaban J connectivity index is 1.87. The predicted octanol–water partition coefficient (Wildman–Crippen LogP) is 3.88. The summed E-state index contributed by atoms with van der Waals surface area (Å²) in [5.41, 5.74) is 2.29. The molecule has 0 radical (unpaired) electrons. The van der Waals surface area contributed by atoms with E-state index in [9.17, 15) is 0 Å². The van der Waals surface area contributed by atoms with E-state index in [-0.39, 0.29) is 0 Å². The van der Waals surface area contributed by atoms with Crippen molar-refractivity contribution in [3.63, 3.8) is 0 Å². The van der Waals surface area contributed by atoms with E-state index < -0.39 is 0 Å².